The van der Waals surface area contributed by atoms with Crippen molar-refractivity contribution in [2.24, 2.45) is 5.90 Å². The Hall–Kier alpha value is -1.23. The average Bonchev–Trinajstić information content (AvgIpc) is 2.78. The van der Waals surface area contributed by atoms with Gasteiger partial charge in [-0.05, 0) is 12.0 Å². The van der Waals surface area contributed by atoms with Crippen molar-refractivity contribution in [2.75, 3.05) is 0 Å². The van der Waals surface area contributed by atoms with Gasteiger partial charge in [-0.1, -0.05) is 31.2 Å². The molecule has 1 aromatic heterocycles. The van der Waals surface area contributed by atoms with Crippen LogP contribution in [0.25, 0.3) is 11.3 Å². The van der Waals surface area contributed by atoms with Crippen LogP contribution in [-0.4, -0.2) is 4.98 Å². The lowest BCUT2D eigenvalue weighted by molar-refractivity contribution is 0.124. The van der Waals surface area contributed by atoms with Crippen LogP contribution < -0.4 is 5.90 Å². The number of benzene rings is 1. The van der Waals surface area contributed by atoms with Gasteiger partial charge < -0.3 is 0 Å². The molecule has 0 aliphatic heterocycles. The molecular formula is C12H14N2OS. The molecule has 0 atom stereocenters. The summed E-state index contributed by atoms with van der Waals surface area (Å²) in [4.78, 5) is 9.00. The molecule has 0 aliphatic rings. The topological polar surface area (TPSA) is 48.1 Å². The first-order valence-corrected chi connectivity index (χ1v) is 6.07. The summed E-state index contributed by atoms with van der Waals surface area (Å²) in [7, 11) is 0. The highest BCUT2D eigenvalue weighted by atomic mass is 32.1. The first kappa shape index (κ1) is 11.3. The van der Waals surface area contributed by atoms with E-state index in [0.29, 0.717) is 6.61 Å². The Kier molecular flexibility index (Phi) is 3.66. The highest BCUT2D eigenvalue weighted by Crippen LogP contribution is 2.22. The number of aryl methyl sites for hydroxylation is 1. The normalized spacial score (nSPS) is 10.6. The maximum atomic E-state index is 5.01. The molecule has 0 radical (unpaired) electrons. The maximum absolute atomic E-state index is 5.01. The fourth-order valence-electron chi connectivity index (χ4n) is 1.49. The highest BCUT2D eigenvalue weighted by molar-refractivity contribution is 7.09. The highest BCUT2D eigenvalue weighted by Gasteiger charge is 2.04. The van der Waals surface area contributed by atoms with E-state index >= 15 is 0 Å². The third-order valence-electron chi connectivity index (χ3n) is 2.42. The molecule has 0 aliphatic carbocycles. The SMILES string of the molecule is CCc1ccc(-c2csc(CON)n2)cc1. The molecule has 3 nitrogen and oxygen atoms in total. The molecular weight excluding hydrogens is 220 g/mol. The van der Waals surface area contributed by atoms with Crippen molar-refractivity contribution in [3.8, 4) is 11.3 Å². The van der Waals surface area contributed by atoms with E-state index in [2.05, 4.69) is 41.0 Å². The van der Waals surface area contributed by atoms with Gasteiger partial charge in [-0.25, -0.2) is 10.9 Å². The van der Waals surface area contributed by atoms with Gasteiger partial charge in [0.25, 0.3) is 0 Å². The van der Waals surface area contributed by atoms with Gasteiger partial charge in [0.2, 0.25) is 0 Å². The van der Waals surface area contributed by atoms with E-state index in [1.54, 1.807) is 11.3 Å². The van der Waals surface area contributed by atoms with Crippen LogP contribution in [0.3, 0.4) is 0 Å². The van der Waals surface area contributed by atoms with E-state index in [1.165, 1.54) is 5.56 Å². The van der Waals surface area contributed by atoms with Gasteiger partial charge in [0.1, 0.15) is 11.6 Å². The number of hydrogen-bond donors (Lipinski definition) is 1. The molecule has 0 unspecified atom stereocenters. The standard InChI is InChI=1S/C12H14N2OS/c1-2-9-3-5-10(6-4-9)11-8-16-12(14-11)7-15-13/h3-6,8H,2,7,13H2,1H3. The number of nitrogens with two attached hydrogens (primary N) is 1. The van der Waals surface area contributed by atoms with Crippen LogP contribution in [0.5, 0.6) is 0 Å². The molecule has 0 amide bonds. The third-order valence-corrected chi connectivity index (χ3v) is 3.24. The second-order valence-electron chi connectivity index (χ2n) is 3.49. The zero-order valence-electron chi connectivity index (χ0n) is 9.14. The van der Waals surface area contributed by atoms with Crippen molar-refractivity contribution < 1.29 is 4.84 Å². The first-order valence-electron chi connectivity index (χ1n) is 5.19. The lowest BCUT2D eigenvalue weighted by Crippen LogP contribution is -1.98. The van der Waals surface area contributed by atoms with E-state index in [4.69, 9.17) is 5.90 Å². The van der Waals surface area contributed by atoms with Gasteiger partial charge in [-0.3, -0.25) is 4.84 Å². The van der Waals surface area contributed by atoms with Crippen molar-refractivity contribution in [1.29, 1.82) is 0 Å². The zero-order chi connectivity index (χ0) is 11.4. The first-order chi connectivity index (χ1) is 7.83. The predicted molar refractivity (Wildman–Crippen MR) is 65.9 cm³/mol. The molecule has 4 heteroatoms. The summed E-state index contributed by atoms with van der Waals surface area (Å²) in [6.45, 7) is 2.52. The van der Waals surface area contributed by atoms with E-state index < -0.39 is 0 Å². The zero-order valence-corrected chi connectivity index (χ0v) is 9.96. The minimum atomic E-state index is 0.373. The second-order valence-corrected chi connectivity index (χ2v) is 4.43. The summed E-state index contributed by atoms with van der Waals surface area (Å²) >= 11 is 1.56. The van der Waals surface area contributed by atoms with Gasteiger partial charge >= 0.3 is 0 Å². The Morgan fingerprint density at radius 2 is 2.06 bits per heavy atom. The molecule has 0 fully saturated rings. The van der Waals surface area contributed by atoms with E-state index in [9.17, 15) is 0 Å². The Labute approximate surface area is 98.9 Å². The van der Waals surface area contributed by atoms with Crippen LogP contribution in [0.1, 0.15) is 17.5 Å². The number of nitrogens with zero attached hydrogens (tertiary/aromatic N) is 1. The molecule has 2 N–H and O–H groups in total. The molecule has 0 bridgehead atoms. The second kappa shape index (κ2) is 5.21. The molecule has 2 rings (SSSR count). The monoisotopic (exact) mass is 234 g/mol. The van der Waals surface area contributed by atoms with Crippen LogP contribution in [-0.2, 0) is 17.9 Å². The van der Waals surface area contributed by atoms with Crippen molar-refractivity contribution in [3.05, 3.63) is 40.2 Å². The molecule has 0 spiro atoms. The molecule has 1 aromatic carbocycles. The smallest absolute Gasteiger partial charge is 0.121 e. The van der Waals surface area contributed by atoms with Gasteiger partial charge in [0.15, 0.2) is 0 Å². The number of hydrogen-bond acceptors (Lipinski definition) is 4. The summed E-state index contributed by atoms with van der Waals surface area (Å²) in [6.07, 6.45) is 1.06. The van der Waals surface area contributed by atoms with Crippen LogP contribution in [0.2, 0.25) is 0 Å². The van der Waals surface area contributed by atoms with Crippen LogP contribution in [0.4, 0.5) is 0 Å². The van der Waals surface area contributed by atoms with Crippen molar-refractivity contribution in [2.45, 2.75) is 20.0 Å². The number of aromatic nitrogens is 1. The van der Waals surface area contributed by atoms with Crippen molar-refractivity contribution in [3.63, 3.8) is 0 Å². The number of thiazole rings is 1. The number of rotatable bonds is 4. The van der Waals surface area contributed by atoms with Crippen molar-refractivity contribution in [1.82, 2.24) is 4.98 Å². The maximum Gasteiger partial charge on any atom is 0.121 e. The Bertz CT molecular complexity index is 450. The predicted octanol–water partition coefficient (Wildman–Crippen LogP) is 2.76. The van der Waals surface area contributed by atoms with E-state index in [1.807, 2.05) is 5.38 Å². The van der Waals surface area contributed by atoms with Crippen LogP contribution >= 0.6 is 11.3 Å². The summed E-state index contributed by atoms with van der Waals surface area (Å²) in [5.74, 6) is 5.01. The Balaban J connectivity index is 2.21. The molecule has 0 saturated heterocycles. The Morgan fingerprint density at radius 1 is 1.31 bits per heavy atom. The van der Waals surface area contributed by atoms with Gasteiger partial charge in [0, 0.05) is 10.9 Å². The third kappa shape index (κ3) is 2.47. The van der Waals surface area contributed by atoms with Crippen molar-refractivity contribution >= 4 is 11.3 Å². The molecule has 84 valence electrons. The van der Waals surface area contributed by atoms with Crippen LogP contribution in [0, 0.1) is 0 Å². The summed E-state index contributed by atoms with van der Waals surface area (Å²) in [5, 5.41) is 2.92. The minimum absolute atomic E-state index is 0.373. The largest absolute Gasteiger partial charge is 0.297 e. The summed E-state index contributed by atoms with van der Waals surface area (Å²) in [5.41, 5.74) is 3.46. The fourth-order valence-corrected chi connectivity index (χ4v) is 2.22. The lowest BCUT2D eigenvalue weighted by atomic mass is 10.1. The molecule has 0 saturated carbocycles. The van der Waals surface area contributed by atoms with E-state index in [0.717, 1.165) is 22.7 Å². The molecule has 16 heavy (non-hydrogen) atoms. The van der Waals surface area contributed by atoms with Crippen LogP contribution in [0.15, 0.2) is 29.6 Å². The molecule has 1 heterocycles. The molecule has 2 aromatic rings. The van der Waals surface area contributed by atoms with Gasteiger partial charge in [-0.15, -0.1) is 11.3 Å². The van der Waals surface area contributed by atoms with E-state index in [-0.39, 0.29) is 0 Å². The van der Waals surface area contributed by atoms with Gasteiger partial charge in [0.05, 0.1) is 5.69 Å². The minimum Gasteiger partial charge on any atom is -0.297 e. The lowest BCUT2D eigenvalue weighted by Gasteiger charge is -1.99. The average molecular weight is 234 g/mol. The Morgan fingerprint density at radius 3 is 2.69 bits per heavy atom. The quantitative estimate of drug-likeness (QED) is 0.827. The summed E-state index contributed by atoms with van der Waals surface area (Å²) in [6, 6.07) is 8.46. The summed E-state index contributed by atoms with van der Waals surface area (Å²) < 4.78 is 0. The fraction of sp³-hybridized carbons (Fsp3) is 0.250. The van der Waals surface area contributed by atoms with Gasteiger partial charge in [-0.2, -0.15) is 0 Å².